The number of hydrogen-bond donors (Lipinski definition) is 2. The normalized spacial score (nSPS) is 11.1. The van der Waals surface area contributed by atoms with Gasteiger partial charge in [-0.05, 0) is 32.0 Å². The number of nitrogen functional groups attached to an aromatic ring is 1. The molecular formula is C12H16N4O. The second kappa shape index (κ2) is 4.08. The van der Waals surface area contributed by atoms with Crippen molar-refractivity contribution in [1.82, 2.24) is 9.97 Å². The maximum Gasteiger partial charge on any atom is 0.260 e. The Bertz CT molecular complexity index is 603. The maximum absolute atomic E-state index is 11.9. The summed E-state index contributed by atoms with van der Waals surface area (Å²) >= 11 is 0. The molecule has 5 nitrogen and oxygen atoms in total. The van der Waals surface area contributed by atoms with Crippen LogP contribution < -0.4 is 16.2 Å². The van der Waals surface area contributed by atoms with Gasteiger partial charge in [0.1, 0.15) is 0 Å². The van der Waals surface area contributed by atoms with E-state index in [-0.39, 0.29) is 11.6 Å². The van der Waals surface area contributed by atoms with Crippen LogP contribution in [-0.4, -0.2) is 23.1 Å². The van der Waals surface area contributed by atoms with Crippen molar-refractivity contribution >= 4 is 22.5 Å². The van der Waals surface area contributed by atoms with Crippen molar-refractivity contribution in [3.05, 3.63) is 28.6 Å². The van der Waals surface area contributed by atoms with E-state index in [1.807, 2.05) is 25.8 Å². The standard InChI is InChI=1S/C12H16N4O/c1-7(2)16(3)12-14-10-5-4-8(13)6-9(10)11(17)15-12/h4-7H,13H2,1-3H3,(H,14,15,17). The van der Waals surface area contributed by atoms with Gasteiger partial charge < -0.3 is 10.6 Å². The van der Waals surface area contributed by atoms with Gasteiger partial charge in [0.05, 0.1) is 10.9 Å². The number of rotatable bonds is 2. The van der Waals surface area contributed by atoms with Crippen LogP contribution in [0.1, 0.15) is 13.8 Å². The summed E-state index contributed by atoms with van der Waals surface area (Å²) in [5, 5.41) is 0.519. The van der Waals surface area contributed by atoms with Crippen LogP contribution in [0.25, 0.3) is 10.9 Å². The molecule has 1 heterocycles. The molecular weight excluding hydrogens is 216 g/mol. The van der Waals surface area contributed by atoms with E-state index in [2.05, 4.69) is 9.97 Å². The third kappa shape index (κ3) is 2.08. The number of anilines is 2. The molecule has 0 aliphatic rings. The van der Waals surface area contributed by atoms with Crippen LogP contribution in [-0.2, 0) is 0 Å². The van der Waals surface area contributed by atoms with E-state index in [4.69, 9.17) is 5.73 Å². The Labute approximate surface area is 99.3 Å². The fourth-order valence-corrected chi connectivity index (χ4v) is 1.56. The number of aromatic amines is 1. The van der Waals surface area contributed by atoms with E-state index in [0.29, 0.717) is 22.5 Å². The molecule has 0 spiro atoms. The molecule has 0 fully saturated rings. The highest BCUT2D eigenvalue weighted by atomic mass is 16.1. The Morgan fingerprint density at radius 2 is 2.12 bits per heavy atom. The summed E-state index contributed by atoms with van der Waals surface area (Å²) in [6.45, 7) is 4.07. The van der Waals surface area contributed by atoms with Crippen LogP contribution in [0.2, 0.25) is 0 Å². The van der Waals surface area contributed by atoms with Crippen molar-refractivity contribution in [3.8, 4) is 0 Å². The van der Waals surface area contributed by atoms with Crippen molar-refractivity contribution < 1.29 is 0 Å². The third-order valence-electron chi connectivity index (χ3n) is 2.83. The molecule has 0 atom stereocenters. The summed E-state index contributed by atoms with van der Waals surface area (Å²) in [6, 6.07) is 5.41. The fourth-order valence-electron chi connectivity index (χ4n) is 1.56. The fraction of sp³-hybridized carbons (Fsp3) is 0.333. The van der Waals surface area contributed by atoms with Crippen molar-refractivity contribution in [2.75, 3.05) is 17.7 Å². The zero-order valence-corrected chi connectivity index (χ0v) is 10.2. The van der Waals surface area contributed by atoms with Crippen LogP contribution in [0.3, 0.4) is 0 Å². The highest BCUT2D eigenvalue weighted by molar-refractivity contribution is 5.81. The first kappa shape index (κ1) is 11.4. The van der Waals surface area contributed by atoms with Gasteiger partial charge in [0, 0.05) is 18.8 Å². The van der Waals surface area contributed by atoms with E-state index in [9.17, 15) is 4.79 Å². The lowest BCUT2D eigenvalue weighted by Gasteiger charge is -2.21. The monoisotopic (exact) mass is 232 g/mol. The van der Waals surface area contributed by atoms with E-state index in [1.54, 1.807) is 18.2 Å². The molecule has 1 aromatic carbocycles. The van der Waals surface area contributed by atoms with Crippen molar-refractivity contribution in [2.45, 2.75) is 19.9 Å². The van der Waals surface area contributed by atoms with Gasteiger partial charge in [0.2, 0.25) is 5.95 Å². The summed E-state index contributed by atoms with van der Waals surface area (Å²) in [4.78, 5) is 21.0. The predicted octanol–water partition coefficient (Wildman–Crippen LogP) is 1.35. The first-order chi connectivity index (χ1) is 7.99. The number of hydrogen-bond acceptors (Lipinski definition) is 4. The minimum Gasteiger partial charge on any atom is -0.399 e. The first-order valence-electron chi connectivity index (χ1n) is 5.51. The Morgan fingerprint density at radius 3 is 2.76 bits per heavy atom. The molecule has 3 N–H and O–H groups in total. The number of nitrogens with zero attached hydrogens (tertiary/aromatic N) is 2. The van der Waals surface area contributed by atoms with Crippen molar-refractivity contribution in [3.63, 3.8) is 0 Å². The Hall–Kier alpha value is -2.04. The molecule has 0 saturated heterocycles. The van der Waals surface area contributed by atoms with Gasteiger partial charge in [0.25, 0.3) is 5.56 Å². The minimum absolute atomic E-state index is 0.162. The summed E-state index contributed by atoms with van der Waals surface area (Å²) in [5.41, 5.74) is 6.71. The van der Waals surface area contributed by atoms with Crippen LogP contribution in [0.4, 0.5) is 11.6 Å². The molecule has 0 aliphatic carbocycles. The average molecular weight is 232 g/mol. The summed E-state index contributed by atoms with van der Waals surface area (Å²) in [5.74, 6) is 0.572. The van der Waals surface area contributed by atoms with Crippen LogP contribution in [0.5, 0.6) is 0 Å². The number of aromatic nitrogens is 2. The average Bonchev–Trinajstić information content (AvgIpc) is 2.28. The summed E-state index contributed by atoms with van der Waals surface area (Å²) < 4.78 is 0. The molecule has 2 aromatic rings. The quantitative estimate of drug-likeness (QED) is 0.766. The minimum atomic E-state index is -0.162. The van der Waals surface area contributed by atoms with Gasteiger partial charge in [-0.15, -0.1) is 0 Å². The molecule has 0 saturated carbocycles. The topological polar surface area (TPSA) is 75.0 Å². The van der Waals surface area contributed by atoms with Gasteiger partial charge in [-0.2, -0.15) is 0 Å². The van der Waals surface area contributed by atoms with Gasteiger partial charge in [-0.3, -0.25) is 9.78 Å². The lowest BCUT2D eigenvalue weighted by Crippen LogP contribution is -2.29. The van der Waals surface area contributed by atoms with E-state index in [0.717, 1.165) is 0 Å². The molecule has 0 amide bonds. The van der Waals surface area contributed by atoms with Gasteiger partial charge >= 0.3 is 0 Å². The number of H-pyrrole nitrogens is 1. The third-order valence-corrected chi connectivity index (χ3v) is 2.83. The number of benzene rings is 1. The SMILES string of the molecule is CC(C)N(C)c1nc2ccc(N)cc2c(=O)[nH]1. The van der Waals surface area contributed by atoms with Crippen molar-refractivity contribution in [1.29, 1.82) is 0 Å². The van der Waals surface area contributed by atoms with E-state index in [1.165, 1.54) is 0 Å². The Balaban J connectivity index is 2.64. The largest absolute Gasteiger partial charge is 0.399 e. The predicted molar refractivity (Wildman–Crippen MR) is 70.3 cm³/mol. The smallest absolute Gasteiger partial charge is 0.260 e. The molecule has 0 radical (unpaired) electrons. The number of fused-ring (bicyclic) bond motifs is 1. The number of nitrogens with one attached hydrogen (secondary N) is 1. The molecule has 90 valence electrons. The molecule has 0 bridgehead atoms. The molecule has 5 heteroatoms. The van der Waals surface area contributed by atoms with Crippen LogP contribution >= 0.6 is 0 Å². The zero-order valence-electron chi connectivity index (χ0n) is 10.2. The molecule has 1 aromatic heterocycles. The molecule has 17 heavy (non-hydrogen) atoms. The van der Waals surface area contributed by atoms with E-state index < -0.39 is 0 Å². The molecule has 0 aliphatic heterocycles. The van der Waals surface area contributed by atoms with E-state index >= 15 is 0 Å². The van der Waals surface area contributed by atoms with Crippen molar-refractivity contribution in [2.24, 2.45) is 0 Å². The van der Waals surface area contributed by atoms with Gasteiger partial charge in [-0.25, -0.2) is 4.98 Å². The van der Waals surface area contributed by atoms with Gasteiger partial charge in [0.15, 0.2) is 0 Å². The summed E-state index contributed by atoms with van der Waals surface area (Å²) in [6.07, 6.45) is 0. The number of nitrogens with two attached hydrogens (primary N) is 1. The highest BCUT2D eigenvalue weighted by Gasteiger charge is 2.10. The lowest BCUT2D eigenvalue weighted by molar-refractivity contribution is 0.730. The second-order valence-electron chi connectivity index (χ2n) is 4.37. The lowest BCUT2D eigenvalue weighted by atomic mass is 10.2. The Kier molecular flexibility index (Phi) is 2.75. The van der Waals surface area contributed by atoms with Crippen LogP contribution in [0.15, 0.2) is 23.0 Å². The van der Waals surface area contributed by atoms with Crippen LogP contribution in [0, 0.1) is 0 Å². The maximum atomic E-state index is 11.9. The van der Waals surface area contributed by atoms with Gasteiger partial charge in [-0.1, -0.05) is 0 Å². The summed E-state index contributed by atoms with van der Waals surface area (Å²) in [7, 11) is 1.89. The Morgan fingerprint density at radius 1 is 1.41 bits per heavy atom. The first-order valence-corrected chi connectivity index (χ1v) is 5.51. The zero-order chi connectivity index (χ0) is 12.6. The highest BCUT2D eigenvalue weighted by Crippen LogP contribution is 2.15. The molecule has 0 unspecified atom stereocenters. The molecule has 2 rings (SSSR count). The second-order valence-corrected chi connectivity index (χ2v) is 4.37.